The van der Waals surface area contributed by atoms with E-state index in [0.29, 0.717) is 25.0 Å². The van der Waals surface area contributed by atoms with Gasteiger partial charge in [0.1, 0.15) is 21.2 Å². The molecule has 1 saturated heterocycles. The van der Waals surface area contributed by atoms with Crippen molar-refractivity contribution >= 4 is 52.3 Å². The molecule has 3 aromatic carbocycles. The first-order valence-corrected chi connectivity index (χ1v) is 14.4. The maximum Gasteiger partial charge on any atom is 0.293 e. The van der Waals surface area contributed by atoms with Gasteiger partial charge in [-0.25, -0.2) is 0 Å². The monoisotopic (exact) mass is 607 g/mol. The normalized spacial score (nSPS) is 25.1. The first-order valence-electron chi connectivity index (χ1n) is 13.7. The van der Waals surface area contributed by atoms with Crippen LogP contribution in [-0.2, 0) is 24.1 Å². The zero-order valence-electron chi connectivity index (χ0n) is 22.6. The molecule has 0 spiro atoms. The fourth-order valence-electron chi connectivity index (χ4n) is 6.79. The first kappa shape index (κ1) is 28.2. The number of benzene rings is 3. The van der Waals surface area contributed by atoms with Gasteiger partial charge in [-0.2, -0.15) is 0 Å². The molecule has 0 unspecified atom stereocenters. The van der Waals surface area contributed by atoms with Gasteiger partial charge in [0.25, 0.3) is 5.69 Å². The second-order valence-electron chi connectivity index (χ2n) is 10.8. The number of hydrogen-bond donors (Lipinski definition) is 1. The van der Waals surface area contributed by atoms with Crippen LogP contribution >= 0.6 is 23.2 Å². The third-order valence-corrected chi connectivity index (χ3v) is 9.92. The van der Waals surface area contributed by atoms with Crippen molar-refractivity contribution in [3.8, 4) is 5.75 Å². The smallest absolute Gasteiger partial charge is 0.293 e. The summed E-state index contributed by atoms with van der Waals surface area (Å²) in [6.45, 7) is 0.181. The lowest BCUT2D eigenvalue weighted by Gasteiger charge is -2.54. The van der Waals surface area contributed by atoms with Crippen molar-refractivity contribution < 1.29 is 24.0 Å². The SMILES string of the molecule is COc1ccc([N+](=O)[O-])c(NC(=O)CCCCCN2C(=O)[C@@H]3[C@H](C2=O)C2(Cl)c4ccccc4C3(Cl)c3ccccc32)c1. The molecular formula is C31H27Cl2N3O6. The Balaban J connectivity index is 1.13. The van der Waals surface area contributed by atoms with Gasteiger partial charge < -0.3 is 10.1 Å². The third kappa shape index (κ3) is 4.01. The molecule has 2 atom stereocenters. The maximum atomic E-state index is 13.9. The Bertz CT molecular complexity index is 1520. The molecule has 9 nitrogen and oxygen atoms in total. The van der Waals surface area contributed by atoms with E-state index in [-0.39, 0.29) is 42.1 Å². The van der Waals surface area contributed by atoms with Crippen molar-refractivity contribution in [2.75, 3.05) is 19.0 Å². The largest absolute Gasteiger partial charge is 0.497 e. The topological polar surface area (TPSA) is 119 Å². The van der Waals surface area contributed by atoms with Crippen LogP contribution in [0.15, 0.2) is 66.7 Å². The van der Waals surface area contributed by atoms with E-state index in [1.165, 1.54) is 30.2 Å². The highest BCUT2D eigenvalue weighted by Gasteiger charge is 2.72. The molecule has 1 heterocycles. The Hall–Kier alpha value is -3.95. The van der Waals surface area contributed by atoms with Crippen molar-refractivity contribution in [2.45, 2.75) is 35.4 Å². The average Bonchev–Trinajstić information content (AvgIpc) is 3.25. The van der Waals surface area contributed by atoms with Crippen LogP contribution in [0, 0.1) is 22.0 Å². The number of nitro groups is 1. The lowest BCUT2D eigenvalue weighted by Crippen LogP contribution is -2.57. The average molecular weight is 608 g/mol. The Kier molecular flexibility index (Phi) is 6.98. The number of nitro benzene ring substituents is 1. The van der Waals surface area contributed by atoms with E-state index in [0.717, 1.165) is 22.3 Å². The number of unbranched alkanes of at least 4 members (excludes halogenated alkanes) is 2. The summed E-state index contributed by atoms with van der Waals surface area (Å²) < 4.78 is 5.10. The number of hydrogen-bond acceptors (Lipinski definition) is 6. The molecule has 1 aliphatic heterocycles. The second kappa shape index (κ2) is 10.4. The molecule has 0 radical (unpaired) electrons. The maximum absolute atomic E-state index is 13.9. The molecule has 216 valence electrons. The van der Waals surface area contributed by atoms with Gasteiger partial charge in [0, 0.05) is 25.1 Å². The number of carbonyl (C=O) groups excluding carboxylic acids is 3. The molecule has 1 fully saturated rings. The van der Waals surface area contributed by atoms with Crippen molar-refractivity contribution in [3.63, 3.8) is 0 Å². The van der Waals surface area contributed by atoms with E-state index in [1.54, 1.807) is 0 Å². The summed E-state index contributed by atoms with van der Waals surface area (Å²) >= 11 is 14.9. The lowest BCUT2D eigenvalue weighted by atomic mass is 9.54. The molecule has 3 amide bonds. The number of anilines is 1. The summed E-state index contributed by atoms with van der Waals surface area (Å²) in [7, 11) is 1.43. The van der Waals surface area contributed by atoms with Crippen LogP contribution in [0.25, 0.3) is 0 Å². The number of halogens is 2. The van der Waals surface area contributed by atoms with Crippen LogP contribution in [0.1, 0.15) is 47.9 Å². The van der Waals surface area contributed by atoms with Crippen molar-refractivity contribution in [1.29, 1.82) is 0 Å². The highest BCUT2D eigenvalue weighted by atomic mass is 35.5. The Labute approximate surface area is 251 Å². The molecule has 3 aliphatic carbocycles. The Morgan fingerprint density at radius 1 is 0.905 bits per heavy atom. The van der Waals surface area contributed by atoms with Gasteiger partial charge in [0.05, 0.1) is 23.9 Å². The van der Waals surface area contributed by atoms with Crippen LogP contribution in [0.5, 0.6) is 5.75 Å². The number of nitrogens with zero attached hydrogens (tertiary/aromatic N) is 2. The zero-order chi connectivity index (χ0) is 29.8. The number of likely N-dealkylation sites (tertiary alicyclic amines) is 1. The molecule has 1 N–H and O–H groups in total. The number of ether oxygens (including phenoxy) is 1. The van der Waals surface area contributed by atoms with E-state index in [9.17, 15) is 24.5 Å². The number of nitrogens with one attached hydrogen (secondary N) is 1. The molecule has 42 heavy (non-hydrogen) atoms. The molecule has 4 aliphatic rings. The molecule has 2 bridgehead atoms. The fraction of sp³-hybridized carbons (Fsp3) is 0.323. The van der Waals surface area contributed by atoms with Crippen LogP contribution in [0.2, 0.25) is 0 Å². The van der Waals surface area contributed by atoms with Gasteiger partial charge in [-0.3, -0.25) is 29.4 Å². The highest BCUT2D eigenvalue weighted by Crippen LogP contribution is 2.69. The molecule has 11 heteroatoms. The minimum absolute atomic E-state index is 0.0573. The van der Waals surface area contributed by atoms with Crippen molar-refractivity contribution in [3.05, 3.63) is 99.1 Å². The van der Waals surface area contributed by atoms with E-state index >= 15 is 0 Å². The molecule has 3 aromatic rings. The third-order valence-electron chi connectivity index (χ3n) is 8.64. The van der Waals surface area contributed by atoms with Gasteiger partial charge in [0.15, 0.2) is 0 Å². The second-order valence-corrected chi connectivity index (χ2v) is 12.0. The fourth-order valence-corrected chi connectivity index (χ4v) is 7.89. The van der Waals surface area contributed by atoms with Gasteiger partial charge >= 0.3 is 0 Å². The predicted octanol–water partition coefficient (Wildman–Crippen LogP) is 5.70. The van der Waals surface area contributed by atoms with Crippen LogP contribution in [0.3, 0.4) is 0 Å². The number of methoxy groups -OCH3 is 1. The number of rotatable bonds is 9. The summed E-state index contributed by atoms with van der Waals surface area (Å²) in [5.41, 5.74) is 2.85. The lowest BCUT2D eigenvalue weighted by molar-refractivity contribution is -0.383. The summed E-state index contributed by atoms with van der Waals surface area (Å²) in [5.74, 6) is -2.34. The van der Waals surface area contributed by atoms with Gasteiger partial charge in [-0.05, 0) is 41.2 Å². The molecule has 0 aromatic heterocycles. The number of amides is 3. The highest BCUT2D eigenvalue weighted by molar-refractivity contribution is 6.36. The standard InChI is InChI=1S/C31H27Cl2N3O6/c1-42-18-14-15-24(36(40)41)23(17-18)34-25(37)13-3-2-8-16-35-28(38)26-27(29(35)39)31(33)20-10-5-4-9-19(20)30(26,32)21-11-6-7-12-22(21)31/h4-7,9-12,14-15,17,26-27H,2-3,8,13,16H2,1H3,(H,34,37)/t26-,27+,30?,31?. The number of alkyl halides is 2. The van der Waals surface area contributed by atoms with E-state index in [4.69, 9.17) is 27.9 Å². The van der Waals surface area contributed by atoms with E-state index in [2.05, 4.69) is 5.32 Å². The van der Waals surface area contributed by atoms with Crippen LogP contribution in [-0.4, -0.2) is 41.2 Å². The minimum Gasteiger partial charge on any atom is -0.497 e. The zero-order valence-corrected chi connectivity index (χ0v) is 24.2. The molecule has 7 rings (SSSR count). The van der Waals surface area contributed by atoms with E-state index in [1.807, 2.05) is 48.5 Å². The quantitative estimate of drug-likeness (QED) is 0.110. The number of imide groups is 1. The van der Waals surface area contributed by atoms with Gasteiger partial charge in [-0.1, -0.05) is 55.0 Å². The summed E-state index contributed by atoms with van der Waals surface area (Å²) in [6.07, 6.45) is 1.61. The van der Waals surface area contributed by atoms with Crippen molar-refractivity contribution in [2.24, 2.45) is 11.8 Å². The predicted molar refractivity (Wildman–Crippen MR) is 157 cm³/mol. The summed E-state index contributed by atoms with van der Waals surface area (Å²) in [5, 5.41) is 13.9. The summed E-state index contributed by atoms with van der Waals surface area (Å²) in [6, 6.07) is 19.1. The Morgan fingerprint density at radius 3 is 1.90 bits per heavy atom. The van der Waals surface area contributed by atoms with Crippen molar-refractivity contribution in [1.82, 2.24) is 4.90 Å². The van der Waals surface area contributed by atoms with E-state index < -0.39 is 26.5 Å². The van der Waals surface area contributed by atoms with Crippen LogP contribution < -0.4 is 10.1 Å². The van der Waals surface area contributed by atoms with Gasteiger partial charge in [-0.15, -0.1) is 23.2 Å². The molecular weight excluding hydrogens is 581 g/mol. The summed E-state index contributed by atoms with van der Waals surface area (Å²) in [4.78, 5) is 49.8. The van der Waals surface area contributed by atoms with Crippen LogP contribution in [0.4, 0.5) is 11.4 Å². The van der Waals surface area contributed by atoms with Gasteiger partial charge in [0.2, 0.25) is 17.7 Å². The number of carbonyl (C=O) groups is 3. The minimum atomic E-state index is -1.21. The first-order chi connectivity index (χ1) is 20.1. The molecule has 0 saturated carbocycles. The Morgan fingerprint density at radius 2 is 1.43 bits per heavy atom.